The van der Waals surface area contributed by atoms with Crippen LogP contribution in [0.5, 0.6) is 0 Å². The number of nitrogens with one attached hydrogen (secondary N) is 1. The fourth-order valence-corrected chi connectivity index (χ4v) is 3.98. The largest absolute Gasteiger partial charge is 0.377 e. The zero-order valence-electron chi connectivity index (χ0n) is 15.5. The van der Waals surface area contributed by atoms with Crippen LogP contribution in [-0.4, -0.2) is 36.7 Å². The number of hydrogen-bond donors (Lipinski definition) is 1. The number of amides is 1. The monoisotopic (exact) mass is 362 g/mol. The number of ether oxygens (including phenoxy) is 1. The Labute approximate surface area is 158 Å². The summed E-state index contributed by atoms with van der Waals surface area (Å²) in [6.07, 6.45) is 5.72. The Bertz CT molecular complexity index is 934. The molecule has 2 aromatic rings. The lowest BCUT2D eigenvalue weighted by molar-refractivity contribution is -0.124. The van der Waals surface area contributed by atoms with Crippen molar-refractivity contribution in [2.75, 3.05) is 29.7 Å². The molecule has 0 bridgehead atoms. The van der Waals surface area contributed by atoms with Gasteiger partial charge in [0.15, 0.2) is 0 Å². The van der Waals surface area contributed by atoms with E-state index in [0.717, 1.165) is 29.0 Å². The van der Waals surface area contributed by atoms with Crippen molar-refractivity contribution in [3.8, 4) is 0 Å². The second-order valence-electron chi connectivity index (χ2n) is 7.79. The topological polar surface area (TPSA) is 57.7 Å². The van der Waals surface area contributed by atoms with Crippen LogP contribution >= 0.6 is 0 Å². The summed E-state index contributed by atoms with van der Waals surface area (Å²) in [7, 11) is 0. The van der Waals surface area contributed by atoms with Gasteiger partial charge in [-0.1, -0.05) is 6.07 Å². The fraction of sp³-hybridized carbons (Fsp3) is 0.333. The minimum atomic E-state index is -0.500. The number of carbonyl (C=O) groups is 1. The lowest BCUT2D eigenvalue weighted by atomic mass is 9.86. The highest BCUT2D eigenvalue weighted by molar-refractivity contribution is 6.08. The van der Waals surface area contributed by atoms with E-state index in [1.54, 1.807) is 12.4 Å². The Balaban J connectivity index is 1.50. The maximum absolute atomic E-state index is 13.0. The maximum atomic E-state index is 13.0. The van der Waals surface area contributed by atoms with Crippen LogP contribution in [0.25, 0.3) is 5.57 Å². The summed E-state index contributed by atoms with van der Waals surface area (Å²) in [6.45, 7) is 5.98. The van der Waals surface area contributed by atoms with Crippen molar-refractivity contribution in [3.63, 3.8) is 0 Å². The van der Waals surface area contributed by atoms with Gasteiger partial charge in [0, 0.05) is 25.1 Å². The van der Waals surface area contributed by atoms with Gasteiger partial charge in [-0.2, -0.15) is 0 Å². The first-order chi connectivity index (χ1) is 13.1. The molecule has 0 radical (unpaired) electrons. The molecule has 3 aliphatic heterocycles. The first-order valence-corrected chi connectivity index (χ1v) is 9.25. The highest BCUT2D eigenvalue weighted by atomic mass is 16.5. The Morgan fingerprint density at radius 1 is 1.19 bits per heavy atom. The molecular formula is C21H22N4O2. The number of hydrazine groups is 1. The highest BCUT2D eigenvalue weighted by Crippen LogP contribution is 2.45. The Morgan fingerprint density at radius 2 is 1.96 bits per heavy atom. The molecule has 6 heteroatoms. The molecule has 0 atom stereocenters. The molecule has 6 nitrogen and oxygen atoms in total. The van der Waals surface area contributed by atoms with Crippen molar-refractivity contribution >= 4 is 22.9 Å². The molecule has 1 amide bonds. The second kappa shape index (κ2) is 5.90. The molecule has 4 heterocycles. The standard InChI is InChI=1S/C21H22N4O2/c1-21(2)18-4-3-16(9-19(18)25(20(21)26)17-12-27-13-17)24-11-15(10-23-24)14-5-7-22-8-6-14/h3-9,11,17,23H,10,12-13H2,1-2H3. The first-order valence-electron chi connectivity index (χ1n) is 9.25. The van der Waals surface area contributed by atoms with Gasteiger partial charge in [0.25, 0.3) is 0 Å². The summed E-state index contributed by atoms with van der Waals surface area (Å²) in [5.74, 6) is 0.158. The van der Waals surface area contributed by atoms with Gasteiger partial charge >= 0.3 is 0 Å². The number of fused-ring (bicyclic) bond motifs is 1. The van der Waals surface area contributed by atoms with Gasteiger partial charge in [0.05, 0.1) is 36.0 Å². The molecule has 1 aromatic heterocycles. The van der Waals surface area contributed by atoms with E-state index in [2.05, 4.69) is 34.8 Å². The molecule has 5 rings (SSSR count). The smallest absolute Gasteiger partial charge is 0.237 e. The predicted molar refractivity (Wildman–Crippen MR) is 104 cm³/mol. The number of nitrogens with zero attached hydrogens (tertiary/aromatic N) is 3. The van der Waals surface area contributed by atoms with Crippen molar-refractivity contribution in [2.45, 2.75) is 25.3 Å². The van der Waals surface area contributed by atoms with Crippen LogP contribution in [0.15, 0.2) is 48.9 Å². The van der Waals surface area contributed by atoms with Gasteiger partial charge in [-0.15, -0.1) is 0 Å². The number of carbonyl (C=O) groups excluding carboxylic acids is 1. The predicted octanol–water partition coefficient (Wildman–Crippen LogP) is 2.47. The van der Waals surface area contributed by atoms with Crippen LogP contribution in [0.2, 0.25) is 0 Å². The van der Waals surface area contributed by atoms with Crippen LogP contribution in [-0.2, 0) is 14.9 Å². The van der Waals surface area contributed by atoms with Gasteiger partial charge in [-0.05, 0) is 54.8 Å². The molecule has 0 unspecified atom stereocenters. The van der Waals surface area contributed by atoms with E-state index < -0.39 is 5.41 Å². The number of pyridine rings is 1. The number of aromatic nitrogens is 1. The third kappa shape index (κ3) is 2.48. The third-order valence-corrected chi connectivity index (χ3v) is 5.71. The molecular weight excluding hydrogens is 340 g/mol. The lowest BCUT2D eigenvalue weighted by Crippen LogP contribution is -2.52. The van der Waals surface area contributed by atoms with Gasteiger partial charge in [-0.3, -0.25) is 14.8 Å². The summed E-state index contributed by atoms with van der Waals surface area (Å²) in [5.41, 5.74) is 8.38. The van der Waals surface area contributed by atoms with E-state index in [1.165, 1.54) is 5.57 Å². The maximum Gasteiger partial charge on any atom is 0.237 e. The Morgan fingerprint density at radius 3 is 2.67 bits per heavy atom. The van der Waals surface area contributed by atoms with Gasteiger partial charge in [0.2, 0.25) is 5.91 Å². The van der Waals surface area contributed by atoms with Crippen molar-refractivity contribution in [1.29, 1.82) is 0 Å². The Kier molecular flexibility index (Phi) is 3.60. The summed E-state index contributed by atoms with van der Waals surface area (Å²) >= 11 is 0. The van der Waals surface area contributed by atoms with E-state index in [4.69, 9.17) is 4.74 Å². The molecule has 1 fully saturated rings. The summed E-state index contributed by atoms with van der Waals surface area (Å²) in [6, 6.07) is 10.4. The van der Waals surface area contributed by atoms with E-state index in [1.807, 2.05) is 35.9 Å². The quantitative estimate of drug-likeness (QED) is 0.909. The molecule has 0 spiro atoms. The number of benzene rings is 1. The SMILES string of the molecule is CC1(C)C(=O)N(C2COC2)c2cc(N3C=C(c4ccncc4)CN3)ccc21. The molecule has 1 aromatic carbocycles. The van der Waals surface area contributed by atoms with Gasteiger partial charge in [0.1, 0.15) is 0 Å². The average Bonchev–Trinajstić information content (AvgIpc) is 3.20. The lowest BCUT2D eigenvalue weighted by Gasteiger charge is -2.36. The average molecular weight is 362 g/mol. The van der Waals surface area contributed by atoms with E-state index in [9.17, 15) is 4.79 Å². The van der Waals surface area contributed by atoms with E-state index >= 15 is 0 Å². The van der Waals surface area contributed by atoms with Crippen LogP contribution in [0.1, 0.15) is 25.0 Å². The number of hydrogen-bond acceptors (Lipinski definition) is 5. The normalized spacial score (nSPS) is 21.3. The van der Waals surface area contributed by atoms with E-state index in [0.29, 0.717) is 13.2 Å². The highest BCUT2D eigenvalue weighted by Gasteiger charge is 2.48. The summed E-state index contributed by atoms with van der Waals surface area (Å²) in [5, 5.41) is 2.03. The zero-order valence-corrected chi connectivity index (χ0v) is 15.5. The molecule has 0 aliphatic carbocycles. The van der Waals surface area contributed by atoms with Crippen LogP contribution in [0, 0.1) is 0 Å². The molecule has 1 N–H and O–H groups in total. The molecule has 1 saturated heterocycles. The first kappa shape index (κ1) is 16.5. The Hall–Kier alpha value is -2.70. The van der Waals surface area contributed by atoms with Gasteiger partial charge in [-0.25, -0.2) is 5.43 Å². The number of rotatable bonds is 3. The molecule has 27 heavy (non-hydrogen) atoms. The van der Waals surface area contributed by atoms with Crippen molar-refractivity contribution < 1.29 is 9.53 Å². The van der Waals surface area contributed by atoms with Crippen LogP contribution < -0.4 is 15.3 Å². The van der Waals surface area contributed by atoms with Crippen molar-refractivity contribution in [3.05, 3.63) is 60.1 Å². The van der Waals surface area contributed by atoms with Crippen molar-refractivity contribution in [2.24, 2.45) is 0 Å². The van der Waals surface area contributed by atoms with Gasteiger partial charge < -0.3 is 9.64 Å². The van der Waals surface area contributed by atoms with Crippen LogP contribution in [0.4, 0.5) is 11.4 Å². The molecule has 3 aliphatic rings. The minimum Gasteiger partial charge on any atom is -0.377 e. The van der Waals surface area contributed by atoms with Crippen LogP contribution in [0.3, 0.4) is 0 Å². The molecule has 0 saturated carbocycles. The van der Waals surface area contributed by atoms with Crippen molar-refractivity contribution in [1.82, 2.24) is 10.4 Å². The third-order valence-electron chi connectivity index (χ3n) is 5.71. The summed E-state index contributed by atoms with van der Waals surface area (Å²) < 4.78 is 5.34. The minimum absolute atomic E-state index is 0.141. The molecule has 138 valence electrons. The zero-order chi connectivity index (χ0) is 18.6. The fourth-order valence-electron chi connectivity index (χ4n) is 3.98. The summed E-state index contributed by atoms with van der Waals surface area (Å²) in [4.78, 5) is 19.0. The second-order valence-corrected chi connectivity index (χ2v) is 7.79. The number of anilines is 2. The van der Waals surface area contributed by atoms with E-state index in [-0.39, 0.29) is 11.9 Å².